The number of hydrogen-bond acceptors (Lipinski definition) is 3. The van der Waals surface area contributed by atoms with Gasteiger partial charge < -0.3 is 0 Å². The number of nitriles is 1. The molecule has 0 radical (unpaired) electrons. The zero-order valence-electron chi connectivity index (χ0n) is 11.5. The summed E-state index contributed by atoms with van der Waals surface area (Å²) >= 11 is 0. The molecule has 0 spiro atoms. The lowest BCUT2D eigenvalue weighted by atomic mass is 10.1. The van der Waals surface area contributed by atoms with Gasteiger partial charge in [-0.25, -0.2) is 4.39 Å². The number of rotatable bonds is 3. The maximum atomic E-state index is 12.9. The van der Waals surface area contributed by atoms with E-state index in [0.717, 1.165) is 16.7 Å². The second kappa shape index (κ2) is 6.02. The molecule has 0 unspecified atom stereocenters. The van der Waals surface area contributed by atoms with E-state index in [1.807, 2.05) is 42.5 Å². The van der Waals surface area contributed by atoms with E-state index in [1.165, 1.54) is 12.1 Å². The monoisotopic (exact) mass is 290 g/mol. The van der Waals surface area contributed by atoms with Crippen molar-refractivity contribution in [3.63, 3.8) is 0 Å². The Morgan fingerprint density at radius 2 is 1.77 bits per heavy atom. The maximum absolute atomic E-state index is 12.9. The van der Waals surface area contributed by atoms with Crippen molar-refractivity contribution in [2.45, 2.75) is 0 Å². The lowest BCUT2D eigenvalue weighted by molar-refractivity contribution is 0.628. The quantitative estimate of drug-likeness (QED) is 0.749. The molecule has 0 atom stereocenters. The van der Waals surface area contributed by atoms with Gasteiger partial charge in [-0.05, 0) is 29.3 Å². The van der Waals surface area contributed by atoms with Crippen molar-refractivity contribution < 1.29 is 4.39 Å². The Labute approximate surface area is 126 Å². The zero-order valence-corrected chi connectivity index (χ0v) is 11.5. The minimum absolute atomic E-state index is 0.255. The van der Waals surface area contributed by atoms with Crippen LogP contribution in [-0.4, -0.2) is 15.4 Å². The summed E-state index contributed by atoms with van der Waals surface area (Å²) < 4.78 is 12.9. The van der Waals surface area contributed by atoms with Crippen molar-refractivity contribution in [2.24, 2.45) is 0 Å². The first-order valence-corrected chi connectivity index (χ1v) is 6.61. The molecule has 1 heterocycles. The Morgan fingerprint density at radius 1 is 1.00 bits per heavy atom. The number of halogens is 1. The Kier molecular flexibility index (Phi) is 3.75. The van der Waals surface area contributed by atoms with E-state index < -0.39 is 0 Å². The van der Waals surface area contributed by atoms with Gasteiger partial charge in [0.2, 0.25) is 0 Å². The van der Waals surface area contributed by atoms with E-state index in [1.54, 1.807) is 12.1 Å². The van der Waals surface area contributed by atoms with E-state index in [4.69, 9.17) is 5.26 Å². The molecule has 0 aliphatic heterocycles. The van der Waals surface area contributed by atoms with Crippen LogP contribution in [0.2, 0.25) is 0 Å². The smallest absolute Gasteiger partial charge is 0.190 e. The summed E-state index contributed by atoms with van der Waals surface area (Å²) in [6.45, 7) is 0. The molecule has 3 rings (SSSR count). The van der Waals surface area contributed by atoms with Gasteiger partial charge >= 0.3 is 0 Å². The molecule has 0 aliphatic rings. The van der Waals surface area contributed by atoms with Gasteiger partial charge in [0, 0.05) is 5.56 Å². The number of benzene rings is 2. The minimum Gasteiger partial charge on any atom is -0.207 e. The fraction of sp³-hybridized carbons (Fsp3) is 0. The van der Waals surface area contributed by atoms with Crippen LogP contribution in [0, 0.1) is 17.1 Å². The predicted octanol–water partition coefficient (Wildman–Crippen LogP) is 3.65. The van der Waals surface area contributed by atoms with Gasteiger partial charge in [-0.15, -0.1) is 5.10 Å². The van der Waals surface area contributed by atoms with Crippen LogP contribution in [0.15, 0.2) is 48.5 Å². The maximum Gasteiger partial charge on any atom is 0.190 e. The van der Waals surface area contributed by atoms with E-state index in [-0.39, 0.29) is 11.5 Å². The van der Waals surface area contributed by atoms with Crippen molar-refractivity contribution in [3.05, 3.63) is 71.2 Å². The molecule has 1 aromatic heterocycles. The minimum atomic E-state index is -0.255. The number of H-pyrrole nitrogens is 1. The summed E-state index contributed by atoms with van der Waals surface area (Å²) in [5.41, 5.74) is 3.46. The molecule has 106 valence electrons. The van der Waals surface area contributed by atoms with Crippen LogP contribution in [0.4, 0.5) is 4.39 Å². The van der Waals surface area contributed by atoms with E-state index in [2.05, 4.69) is 15.4 Å². The molecule has 0 aliphatic carbocycles. The summed E-state index contributed by atoms with van der Waals surface area (Å²) in [6.07, 6.45) is 3.81. The van der Waals surface area contributed by atoms with Gasteiger partial charge in [-0.2, -0.15) is 15.6 Å². The first kappa shape index (κ1) is 13.7. The number of nitrogens with zero attached hydrogens (tertiary/aromatic N) is 3. The lowest BCUT2D eigenvalue weighted by Gasteiger charge is -1.99. The Bertz CT molecular complexity index is 857. The van der Waals surface area contributed by atoms with Crippen LogP contribution >= 0.6 is 0 Å². The van der Waals surface area contributed by atoms with Crippen molar-refractivity contribution >= 4 is 12.2 Å². The molecular formula is C17H11FN4. The third-order valence-electron chi connectivity index (χ3n) is 3.15. The molecule has 0 saturated heterocycles. The first-order valence-electron chi connectivity index (χ1n) is 6.61. The Morgan fingerprint density at radius 3 is 2.55 bits per heavy atom. The fourth-order valence-corrected chi connectivity index (χ4v) is 2.07. The lowest BCUT2D eigenvalue weighted by Crippen LogP contribution is -1.83. The molecular weight excluding hydrogens is 279 g/mol. The van der Waals surface area contributed by atoms with Gasteiger partial charge in [-0.3, -0.25) is 0 Å². The highest BCUT2D eigenvalue weighted by molar-refractivity contribution is 5.73. The van der Waals surface area contributed by atoms with E-state index in [0.29, 0.717) is 5.69 Å². The van der Waals surface area contributed by atoms with Crippen molar-refractivity contribution in [1.29, 1.82) is 5.26 Å². The van der Waals surface area contributed by atoms with Crippen LogP contribution in [0.1, 0.15) is 16.8 Å². The van der Waals surface area contributed by atoms with Crippen LogP contribution in [0.3, 0.4) is 0 Å². The van der Waals surface area contributed by atoms with Crippen LogP contribution in [0.5, 0.6) is 0 Å². The summed E-state index contributed by atoms with van der Waals surface area (Å²) in [7, 11) is 0. The molecule has 1 N–H and O–H groups in total. The van der Waals surface area contributed by atoms with E-state index >= 15 is 0 Å². The normalized spacial score (nSPS) is 10.7. The van der Waals surface area contributed by atoms with Crippen molar-refractivity contribution in [2.75, 3.05) is 0 Å². The van der Waals surface area contributed by atoms with Gasteiger partial charge in [0.1, 0.15) is 17.6 Å². The highest BCUT2D eigenvalue weighted by Crippen LogP contribution is 2.21. The second-order valence-corrected chi connectivity index (χ2v) is 4.64. The van der Waals surface area contributed by atoms with Gasteiger partial charge in [-0.1, -0.05) is 42.5 Å². The molecule has 3 aromatic rings. The molecule has 5 heteroatoms. The van der Waals surface area contributed by atoms with Crippen molar-refractivity contribution in [3.8, 4) is 17.3 Å². The fourth-order valence-electron chi connectivity index (χ4n) is 2.07. The van der Waals surface area contributed by atoms with Gasteiger partial charge in [0.15, 0.2) is 5.69 Å². The number of aromatic amines is 1. The number of hydrogen-bond donors (Lipinski definition) is 1. The van der Waals surface area contributed by atoms with Gasteiger partial charge in [0.05, 0.1) is 0 Å². The van der Waals surface area contributed by atoms with Crippen molar-refractivity contribution in [1.82, 2.24) is 15.4 Å². The second-order valence-electron chi connectivity index (χ2n) is 4.64. The molecule has 2 aromatic carbocycles. The SMILES string of the molecule is N#Cc1n[nH]nc1-c1cccc(/C=C/c2ccc(F)cc2)c1. The third-order valence-corrected chi connectivity index (χ3v) is 3.15. The van der Waals surface area contributed by atoms with Crippen LogP contribution < -0.4 is 0 Å². The van der Waals surface area contributed by atoms with Crippen LogP contribution in [-0.2, 0) is 0 Å². The van der Waals surface area contributed by atoms with Gasteiger partial charge in [0.25, 0.3) is 0 Å². The number of nitrogens with one attached hydrogen (secondary N) is 1. The molecule has 4 nitrogen and oxygen atoms in total. The molecule has 0 amide bonds. The highest BCUT2D eigenvalue weighted by Gasteiger charge is 2.09. The summed E-state index contributed by atoms with van der Waals surface area (Å²) in [5.74, 6) is -0.255. The molecule has 0 fully saturated rings. The zero-order chi connectivity index (χ0) is 15.4. The summed E-state index contributed by atoms with van der Waals surface area (Å²) in [5, 5.41) is 19.2. The average molecular weight is 290 g/mol. The van der Waals surface area contributed by atoms with E-state index in [9.17, 15) is 4.39 Å². The third kappa shape index (κ3) is 2.91. The Balaban J connectivity index is 1.89. The Hall–Kier alpha value is -3.26. The topological polar surface area (TPSA) is 65.4 Å². The summed E-state index contributed by atoms with van der Waals surface area (Å²) in [6, 6.07) is 15.9. The molecule has 0 saturated carbocycles. The number of aromatic nitrogens is 3. The molecule has 22 heavy (non-hydrogen) atoms. The standard InChI is InChI=1S/C17H11FN4/c18-15-8-6-12(7-9-15)4-5-13-2-1-3-14(10-13)17-16(11-19)20-22-21-17/h1-10H,(H,20,21,22)/b5-4+. The first-order chi connectivity index (χ1) is 10.8. The largest absolute Gasteiger partial charge is 0.207 e. The predicted molar refractivity (Wildman–Crippen MR) is 81.9 cm³/mol. The molecule has 0 bridgehead atoms. The highest BCUT2D eigenvalue weighted by atomic mass is 19.1. The average Bonchev–Trinajstić information content (AvgIpc) is 3.03. The van der Waals surface area contributed by atoms with Crippen LogP contribution in [0.25, 0.3) is 23.4 Å². The summed E-state index contributed by atoms with van der Waals surface area (Å²) in [4.78, 5) is 0.